The highest BCUT2D eigenvalue weighted by Crippen LogP contribution is 2.15. The number of nitrogens with zero attached hydrogens (tertiary/aromatic N) is 4. The molecule has 0 aliphatic heterocycles. The Balaban J connectivity index is 1.84. The first-order valence-corrected chi connectivity index (χ1v) is 6.18. The Morgan fingerprint density at radius 3 is 2.90 bits per heavy atom. The zero-order valence-corrected chi connectivity index (χ0v) is 10.9. The molecule has 2 heterocycles. The monoisotopic (exact) mass is 267 g/mol. The standard InChI is InChI=1S/C14H13N5O/c1-9-16-6-5-12(17-9)14-18-13(20-19-14)8-10-3-2-4-11(15)7-10/h2-7H,8,15H2,1H3. The van der Waals surface area contributed by atoms with Crippen molar-refractivity contribution in [3.63, 3.8) is 0 Å². The number of hydrogen-bond acceptors (Lipinski definition) is 6. The predicted octanol–water partition coefficient (Wildman–Crippen LogP) is 2.01. The number of nitrogens with two attached hydrogens (primary N) is 1. The van der Waals surface area contributed by atoms with Crippen LogP contribution < -0.4 is 5.73 Å². The molecular weight excluding hydrogens is 254 g/mol. The van der Waals surface area contributed by atoms with Crippen LogP contribution in [0.1, 0.15) is 17.3 Å². The lowest BCUT2D eigenvalue weighted by Gasteiger charge is -1.97. The van der Waals surface area contributed by atoms with E-state index in [2.05, 4.69) is 20.1 Å². The van der Waals surface area contributed by atoms with Gasteiger partial charge in [0.15, 0.2) is 0 Å². The Morgan fingerprint density at radius 2 is 2.10 bits per heavy atom. The van der Waals surface area contributed by atoms with Crippen LogP contribution in [0.5, 0.6) is 0 Å². The van der Waals surface area contributed by atoms with Gasteiger partial charge < -0.3 is 10.3 Å². The fourth-order valence-electron chi connectivity index (χ4n) is 1.89. The number of anilines is 1. The number of benzene rings is 1. The molecule has 2 aromatic heterocycles. The molecule has 6 nitrogen and oxygen atoms in total. The van der Waals surface area contributed by atoms with Crippen molar-refractivity contribution < 1.29 is 4.52 Å². The average molecular weight is 267 g/mol. The molecule has 2 N–H and O–H groups in total. The summed E-state index contributed by atoms with van der Waals surface area (Å²) in [6, 6.07) is 9.35. The number of hydrogen-bond donors (Lipinski definition) is 1. The highest BCUT2D eigenvalue weighted by Gasteiger charge is 2.10. The summed E-state index contributed by atoms with van der Waals surface area (Å²) in [5.74, 6) is 1.67. The Kier molecular flexibility index (Phi) is 3.12. The van der Waals surface area contributed by atoms with Crippen molar-refractivity contribution >= 4 is 5.69 Å². The molecule has 0 atom stereocenters. The molecule has 6 heteroatoms. The van der Waals surface area contributed by atoms with Gasteiger partial charge in [-0.15, -0.1) is 0 Å². The third kappa shape index (κ3) is 2.64. The second kappa shape index (κ2) is 5.08. The highest BCUT2D eigenvalue weighted by molar-refractivity contribution is 5.47. The minimum atomic E-state index is 0.467. The number of nitrogen functional groups attached to an aromatic ring is 1. The first-order chi connectivity index (χ1) is 9.70. The summed E-state index contributed by atoms with van der Waals surface area (Å²) in [6.45, 7) is 1.82. The van der Waals surface area contributed by atoms with Crippen molar-refractivity contribution in [2.24, 2.45) is 0 Å². The van der Waals surface area contributed by atoms with Crippen molar-refractivity contribution in [3.8, 4) is 11.5 Å². The minimum absolute atomic E-state index is 0.467. The van der Waals surface area contributed by atoms with Crippen LogP contribution in [0, 0.1) is 6.92 Å². The number of rotatable bonds is 3. The van der Waals surface area contributed by atoms with E-state index in [4.69, 9.17) is 10.3 Å². The molecule has 0 aliphatic rings. The van der Waals surface area contributed by atoms with Crippen LogP contribution in [-0.4, -0.2) is 20.1 Å². The van der Waals surface area contributed by atoms with Gasteiger partial charge in [0.2, 0.25) is 11.7 Å². The molecule has 0 radical (unpaired) electrons. The van der Waals surface area contributed by atoms with Gasteiger partial charge in [-0.05, 0) is 30.7 Å². The van der Waals surface area contributed by atoms with E-state index in [9.17, 15) is 0 Å². The van der Waals surface area contributed by atoms with Crippen molar-refractivity contribution in [1.82, 2.24) is 20.1 Å². The van der Waals surface area contributed by atoms with Gasteiger partial charge in [-0.2, -0.15) is 4.98 Å². The van der Waals surface area contributed by atoms with E-state index in [0.717, 1.165) is 5.56 Å². The molecule has 1 aromatic carbocycles. The molecule has 3 rings (SSSR count). The number of aromatic nitrogens is 4. The molecule has 0 saturated carbocycles. The molecule has 100 valence electrons. The van der Waals surface area contributed by atoms with E-state index in [1.165, 1.54) is 0 Å². The highest BCUT2D eigenvalue weighted by atomic mass is 16.5. The van der Waals surface area contributed by atoms with Crippen molar-refractivity contribution in [2.45, 2.75) is 13.3 Å². The Bertz CT molecular complexity index is 738. The fourth-order valence-corrected chi connectivity index (χ4v) is 1.89. The molecular formula is C14H13N5O. The smallest absolute Gasteiger partial charge is 0.231 e. The second-order valence-electron chi connectivity index (χ2n) is 4.42. The zero-order valence-electron chi connectivity index (χ0n) is 10.9. The van der Waals surface area contributed by atoms with Crippen molar-refractivity contribution in [3.05, 3.63) is 53.8 Å². The van der Waals surface area contributed by atoms with Gasteiger partial charge in [0.05, 0.1) is 6.42 Å². The minimum Gasteiger partial charge on any atom is -0.399 e. The summed E-state index contributed by atoms with van der Waals surface area (Å²) in [4.78, 5) is 12.6. The van der Waals surface area contributed by atoms with Crippen molar-refractivity contribution in [1.29, 1.82) is 0 Å². The molecule has 0 fully saturated rings. The molecule has 0 spiro atoms. The third-order valence-electron chi connectivity index (χ3n) is 2.78. The summed E-state index contributed by atoms with van der Waals surface area (Å²) in [5, 5.41) is 3.94. The molecule has 0 saturated heterocycles. The van der Waals surface area contributed by atoms with E-state index in [1.807, 2.05) is 31.2 Å². The van der Waals surface area contributed by atoms with Gasteiger partial charge in [0.25, 0.3) is 0 Å². The quantitative estimate of drug-likeness (QED) is 0.730. The maximum absolute atomic E-state index is 5.74. The maximum atomic E-state index is 5.74. The van der Waals surface area contributed by atoms with Crippen molar-refractivity contribution in [2.75, 3.05) is 5.73 Å². The average Bonchev–Trinajstić information content (AvgIpc) is 2.87. The number of aryl methyl sites for hydroxylation is 1. The maximum Gasteiger partial charge on any atom is 0.231 e. The van der Waals surface area contributed by atoms with Gasteiger partial charge in [0, 0.05) is 11.9 Å². The van der Waals surface area contributed by atoms with Crippen LogP contribution in [0.2, 0.25) is 0 Å². The molecule has 0 bridgehead atoms. The second-order valence-corrected chi connectivity index (χ2v) is 4.42. The lowest BCUT2D eigenvalue weighted by Crippen LogP contribution is -1.93. The summed E-state index contributed by atoms with van der Waals surface area (Å²) in [5.41, 5.74) is 8.14. The van der Waals surface area contributed by atoms with Crippen LogP contribution >= 0.6 is 0 Å². The van der Waals surface area contributed by atoms with Crippen LogP contribution in [0.15, 0.2) is 41.1 Å². The molecule has 20 heavy (non-hydrogen) atoms. The topological polar surface area (TPSA) is 90.7 Å². The summed E-state index contributed by atoms with van der Waals surface area (Å²) < 4.78 is 5.24. The van der Waals surface area contributed by atoms with Gasteiger partial charge >= 0.3 is 0 Å². The van der Waals surface area contributed by atoms with Gasteiger partial charge in [-0.3, -0.25) is 0 Å². The van der Waals surface area contributed by atoms with Crippen LogP contribution in [-0.2, 0) is 6.42 Å². The largest absolute Gasteiger partial charge is 0.399 e. The first-order valence-electron chi connectivity index (χ1n) is 6.18. The lowest BCUT2D eigenvalue weighted by molar-refractivity contribution is 0.385. The SMILES string of the molecule is Cc1nccc(-c2noc(Cc3cccc(N)c3)n2)n1. The predicted molar refractivity (Wildman–Crippen MR) is 73.7 cm³/mol. The van der Waals surface area contributed by atoms with E-state index < -0.39 is 0 Å². The summed E-state index contributed by atoms with van der Waals surface area (Å²) in [7, 11) is 0. The normalized spacial score (nSPS) is 10.7. The summed E-state index contributed by atoms with van der Waals surface area (Å²) >= 11 is 0. The van der Waals surface area contributed by atoms with E-state index >= 15 is 0 Å². The zero-order chi connectivity index (χ0) is 13.9. The van der Waals surface area contributed by atoms with E-state index in [1.54, 1.807) is 12.3 Å². The van der Waals surface area contributed by atoms with Crippen LogP contribution in [0.25, 0.3) is 11.5 Å². The Hall–Kier alpha value is -2.76. The first kappa shape index (κ1) is 12.3. The molecule has 3 aromatic rings. The third-order valence-corrected chi connectivity index (χ3v) is 2.78. The fraction of sp³-hybridized carbons (Fsp3) is 0.143. The molecule has 0 aliphatic carbocycles. The molecule has 0 unspecified atom stereocenters. The van der Waals surface area contributed by atoms with E-state index in [-0.39, 0.29) is 0 Å². The van der Waals surface area contributed by atoms with Gasteiger partial charge in [-0.25, -0.2) is 9.97 Å². The van der Waals surface area contributed by atoms with Crippen LogP contribution in [0.4, 0.5) is 5.69 Å². The van der Waals surface area contributed by atoms with Crippen LogP contribution in [0.3, 0.4) is 0 Å². The van der Waals surface area contributed by atoms with Gasteiger partial charge in [0.1, 0.15) is 11.5 Å². The Labute approximate surface area is 115 Å². The van der Waals surface area contributed by atoms with Gasteiger partial charge in [-0.1, -0.05) is 17.3 Å². The molecule has 0 amide bonds. The lowest BCUT2D eigenvalue weighted by atomic mass is 10.1. The Morgan fingerprint density at radius 1 is 1.20 bits per heavy atom. The summed E-state index contributed by atoms with van der Waals surface area (Å²) in [6.07, 6.45) is 2.22. The van der Waals surface area contributed by atoms with E-state index in [0.29, 0.717) is 35.3 Å².